The molecule has 0 spiro atoms. The number of likely N-dealkylation sites (tertiary alicyclic amines) is 1. The normalized spacial score (nSPS) is 24.1. The first-order valence-electron chi connectivity index (χ1n) is 9.70. The summed E-state index contributed by atoms with van der Waals surface area (Å²) in [6.07, 6.45) is 4.81. The van der Waals surface area contributed by atoms with E-state index in [2.05, 4.69) is 5.16 Å². The van der Waals surface area contributed by atoms with Crippen LogP contribution in [0.5, 0.6) is 0 Å². The van der Waals surface area contributed by atoms with E-state index in [-0.39, 0.29) is 24.5 Å². The number of nitrogens with zero attached hydrogens (tertiary/aromatic N) is 2. The minimum atomic E-state index is -0.580. The topological polar surface area (TPSA) is 72.6 Å². The number of hydrogen-bond donors (Lipinski definition) is 0. The number of fused-ring (bicyclic) bond motifs is 1. The second-order valence-electron chi connectivity index (χ2n) is 7.63. The molecule has 2 aromatic rings. The number of halogens is 1. The number of benzene rings is 1. The van der Waals surface area contributed by atoms with Crippen molar-refractivity contribution in [2.75, 3.05) is 0 Å². The summed E-state index contributed by atoms with van der Waals surface area (Å²) >= 11 is 6.07. The van der Waals surface area contributed by atoms with Gasteiger partial charge in [0.2, 0.25) is 0 Å². The van der Waals surface area contributed by atoms with Crippen molar-refractivity contribution in [2.24, 2.45) is 5.92 Å². The fourth-order valence-corrected chi connectivity index (χ4v) is 4.65. The fourth-order valence-electron chi connectivity index (χ4n) is 4.46. The predicted molar refractivity (Wildman–Crippen MR) is 103 cm³/mol. The van der Waals surface area contributed by atoms with Crippen LogP contribution >= 0.6 is 11.6 Å². The summed E-state index contributed by atoms with van der Waals surface area (Å²) in [5.74, 6) is 0.282. The number of aryl methyl sites for hydroxylation is 1. The third-order valence-electron chi connectivity index (χ3n) is 5.70. The Labute approximate surface area is 168 Å². The maximum atomic E-state index is 13.3. The summed E-state index contributed by atoms with van der Waals surface area (Å²) in [4.78, 5) is 27.9. The average Bonchev–Trinajstić information content (AvgIpc) is 3.29. The third-order valence-corrected chi connectivity index (χ3v) is 5.93. The Balaban J connectivity index is 1.54. The number of aromatic nitrogens is 1. The Kier molecular flexibility index (Phi) is 5.40. The van der Waals surface area contributed by atoms with Crippen LogP contribution in [0.1, 0.15) is 53.9 Å². The Hall–Kier alpha value is -2.34. The highest BCUT2D eigenvalue weighted by atomic mass is 35.5. The van der Waals surface area contributed by atoms with Crippen LogP contribution in [0.25, 0.3) is 0 Å². The molecule has 0 unspecified atom stereocenters. The van der Waals surface area contributed by atoms with Crippen molar-refractivity contribution in [1.29, 1.82) is 0 Å². The molecule has 1 aromatic heterocycles. The molecule has 2 heterocycles. The molecule has 1 aliphatic carbocycles. The van der Waals surface area contributed by atoms with Crippen LogP contribution in [0, 0.1) is 12.8 Å². The molecule has 148 valence electrons. The highest BCUT2D eigenvalue weighted by Crippen LogP contribution is 2.41. The van der Waals surface area contributed by atoms with Gasteiger partial charge in [0.05, 0.1) is 5.69 Å². The van der Waals surface area contributed by atoms with E-state index >= 15 is 0 Å². The molecule has 0 N–H and O–H groups in total. The first-order valence-corrected chi connectivity index (χ1v) is 10.1. The number of carbonyl (C=O) groups is 2. The van der Waals surface area contributed by atoms with Crippen molar-refractivity contribution in [2.45, 2.75) is 57.7 Å². The lowest BCUT2D eigenvalue weighted by atomic mass is 9.84. The zero-order valence-electron chi connectivity index (χ0n) is 15.8. The lowest BCUT2D eigenvalue weighted by molar-refractivity contribution is -0.150. The van der Waals surface area contributed by atoms with Crippen LogP contribution in [-0.2, 0) is 16.1 Å². The van der Waals surface area contributed by atoms with Crippen LogP contribution in [-0.4, -0.2) is 34.0 Å². The second kappa shape index (κ2) is 7.95. The molecule has 28 heavy (non-hydrogen) atoms. The smallest absolute Gasteiger partial charge is 0.329 e. The SMILES string of the molecule is Cc1cc(COC(=O)[C@@H]2C[C@@H]3CCCC[C@H]3N2C(=O)c2cccc(Cl)c2)on1. The molecule has 1 saturated carbocycles. The molecule has 1 amide bonds. The molecule has 2 fully saturated rings. The van der Waals surface area contributed by atoms with Crippen LogP contribution < -0.4 is 0 Å². The highest BCUT2D eigenvalue weighted by Gasteiger charge is 2.48. The molecule has 0 bridgehead atoms. The van der Waals surface area contributed by atoms with Crippen LogP contribution in [0.2, 0.25) is 5.02 Å². The molecule has 3 atom stereocenters. The molecule has 1 aromatic carbocycles. The van der Waals surface area contributed by atoms with Gasteiger partial charge in [-0.25, -0.2) is 4.79 Å². The summed E-state index contributed by atoms with van der Waals surface area (Å²) in [5.41, 5.74) is 1.23. The van der Waals surface area contributed by atoms with Gasteiger partial charge in [-0.1, -0.05) is 35.7 Å². The van der Waals surface area contributed by atoms with Gasteiger partial charge in [-0.3, -0.25) is 4.79 Å². The van der Waals surface area contributed by atoms with Gasteiger partial charge in [0.25, 0.3) is 5.91 Å². The molecular weight excluding hydrogens is 380 g/mol. The minimum Gasteiger partial charge on any atom is -0.456 e. The van der Waals surface area contributed by atoms with Crippen LogP contribution in [0.15, 0.2) is 34.9 Å². The number of carbonyl (C=O) groups excluding carboxylic acids is 2. The minimum absolute atomic E-state index is 0.0186. The van der Waals surface area contributed by atoms with E-state index in [0.29, 0.717) is 28.7 Å². The van der Waals surface area contributed by atoms with Gasteiger partial charge in [-0.05, 0) is 50.3 Å². The maximum absolute atomic E-state index is 13.3. The quantitative estimate of drug-likeness (QED) is 0.718. The van der Waals surface area contributed by atoms with Gasteiger partial charge in [-0.2, -0.15) is 0 Å². The molecule has 6 nitrogen and oxygen atoms in total. The van der Waals surface area contributed by atoms with Gasteiger partial charge in [0.1, 0.15) is 6.04 Å². The van der Waals surface area contributed by atoms with E-state index in [9.17, 15) is 9.59 Å². The lowest BCUT2D eigenvalue weighted by Gasteiger charge is -2.33. The lowest BCUT2D eigenvalue weighted by Crippen LogP contribution is -2.46. The van der Waals surface area contributed by atoms with Gasteiger partial charge in [0, 0.05) is 22.7 Å². The average molecular weight is 403 g/mol. The number of hydrogen-bond acceptors (Lipinski definition) is 5. The zero-order chi connectivity index (χ0) is 19.7. The molecular formula is C21H23ClN2O4. The van der Waals surface area contributed by atoms with Crippen molar-refractivity contribution in [3.8, 4) is 0 Å². The fraction of sp³-hybridized carbons (Fsp3) is 0.476. The van der Waals surface area contributed by atoms with E-state index in [4.69, 9.17) is 20.9 Å². The predicted octanol–water partition coefficient (Wildman–Crippen LogP) is 4.15. The first kappa shape index (κ1) is 19.0. The third kappa shape index (κ3) is 3.78. The summed E-state index contributed by atoms with van der Waals surface area (Å²) in [7, 11) is 0. The van der Waals surface area contributed by atoms with Crippen molar-refractivity contribution in [3.63, 3.8) is 0 Å². The van der Waals surface area contributed by atoms with E-state index in [1.165, 1.54) is 0 Å². The Bertz CT molecular complexity index is 881. The van der Waals surface area contributed by atoms with Crippen LogP contribution in [0.4, 0.5) is 0 Å². The van der Waals surface area contributed by atoms with Crippen molar-refractivity contribution in [1.82, 2.24) is 10.1 Å². The second-order valence-corrected chi connectivity index (χ2v) is 8.06. The van der Waals surface area contributed by atoms with Gasteiger partial charge in [-0.15, -0.1) is 0 Å². The standard InChI is InChI=1S/C21H23ClN2O4/c1-13-9-17(28-23-13)12-27-21(26)19-11-14-5-2-3-8-18(14)24(19)20(25)15-6-4-7-16(22)10-15/h4,6-7,9-10,14,18-19H,2-3,5,8,11-12H2,1H3/t14-,18+,19-/m0/s1. The van der Waals surface area contributed by atoms with E-state index in [1.54, 1.807) is 35.2 Å². The highest BCUT2D eigenvalue weighted by molar-refractivity contribution is 6.31. The Morgan fingerprint density at radius 3 is 2.86 bits per heavy atom. The summed E-state index contributed by atoms with van der Waals surface area (Å²) < 4.78 is 10.6. The summed E-state index contributed by atoms with van der Waals surface area (Å²) in [6, 6.07) is 8.11. The monoisotopic (exact) mass is 402 g/mol. The number of esters is 1. The molecule has 1 aliphatic heterocycles. The van der Waals surface area contributed by atoms with Crippen molar-refractivity contribution >= 4 is 23.5 Å². The Morgan fingerprint density at radius 2 is 2.11 bits per heavy atom. The number of rotatable bonds is 4. The van der Waals surface area contributed by atoms with Crippen molar-refractivity contribution in [3.05, 3.63) is 52.4 Å². The first-order chi connectivity index (χ1) is 13.5. The van der Waals surface area contributed by atoms with E-state index in [0.717, 1.165) is 31.4 Å². The largest absolute Gasteiger partial charge is 0.456 e. The Morgan fingerprint density at radius 1 is 1.29 bits per heavy atom. The van der Waals surface area contributed by atoms with Gasteiger partial charge >= 0.3 is 5.97 Å². The molecule has 4 rings (SSSR count). The zero-order valence-corrected chi connectivity index (χ0v) is 16.5. The van der Waals surface area contributed by atoms with Crippen molar-refractivity contribution < 1.29 is 18.8 Å². The molecule has 2 aliphatic rings. The molecule has 0 radical (unpaired) electrons. The van der Waals surface area contributed by atoms with Crippen LogP contribution in [0.3, 0.4) is 0 Å². The number of amides is 1. The summed E-state index contributed by atoms with van der Waals surface area (Å²) in [6.45, 7) is 1.83. The molecule has 1 saturated heterocycles. The van der Waals surface area contributed by atoms with E-state index in [1.807, 2.05) is 6.92 Å². The van der Waals surface area contributed by atoms with E-state index < -0.39 is 6.04 Å². The number of ether oxygens (including phenoxy) is 1. The van der Waals surface area contributed by atoms with Gasteiger partial charge < -0.3 is 14.2 Å². The maximum Gasteiger partial charge on any atom is 0.329 e. The van der Waals surface area contributed by atoms with Gasteiger partial charge in [0.15, 0.2) is 12.4 Å². The summed E-state index contributed by atoms with van der Waals surface area (Å²) in [5, 5.41) is 4.30. The molecule has 7 heteroatoms.